The molecule has 0 amide bonds. The molecule has 0 saturated carbocycles. The summed E-state index contributed by atoms with van der Waals surface area (Å²) in [6, 6.07) is 0. The molecule has 0 saturated heterocycles. The Morgan fingerprint density at radius 2 is 1.90 bits per heavy atom. The fourth-order valence-electron chi connectivity index (χ4n) is 3.74. The van der Waals surface area contributed by atoms with Gasteiger partial charge in [-0.15, -0.1) is 11.8 Å². The summed E-state index contributed by atoms with van der Waals surface area (Å²) in [6.45, 7) is 6.74. The average molecular weight is 425 g/mol. The lowest BCUT2D eigenvalue weighted by molar-refractivity contribution is -0.140. The van der Waals surface area contributed by atoms with Crippen molar-refractivity contribution in [2.75, 3.05) is 13.4 Å². The minimum Gasteiger partial charge on any atom is -0.469 e. The molecule has 1 rings (SSSR count). The molecule has 1 aliphatic rings. The van der Waals surface area contributed by atoms with Crippen LogP contribution in [0, 0.1) is 11.8 Å². The summed E-state index contributed by atoms with van der Waals surface area (Å²) >= 11 is 1.41. The van der Waals surface area contributed by atoms with E-state index in [4.69, 9.17) is 0 Å². The van der Waals surface area contributed by atoms with E-state index in [1.165, 1.54) is 38.1 Å². The van der Waals surface area contributed by atoms with E-state index in [2.05, 4.69) is 25.5 Å². The van der Waals surface area contributed by atoms with Crippen molar-refractivity contribution in [1.29, 1.82) is 0 Å². The number of allylic oxidation sites excluding steroid dienone is 2. The van der Waals surface area contributed by atoms with Gasteiger partial charge in [0.1, 0.15) is 5.60 Å². The van der Waals surface area contributed by atoms with Crippen LogP contribution >= 0.6 is 11.8 Å². The van der Waals surface area contributed by atoms with Crippen molar-refractivity contribution in [2.45, 2.75) is 90.6 Å². The number of esters is 1. The Balaban J connectivity index is 2.59. The minimum atomic E-state index is -1.13. The number of hydrogen-bond acceptors (Lipinski definition) is 5. The highest BCUT2D eigenvalue weighted by Gasteiger charge is 2.41. The van der Waals surface area contributed by atoms with Gasteiger partial charge < -0.3 is 9.84 Å². The number of carbonyl (C=O) groups excluding carboxylic acids is 2. The molecule has 0 spiro atoms. The fraction of sp³-hybridized carbons (Fsp3) is 0.750. The predicted octanol–water partition coefficient (Wildman–Crippen LogP) is 5.84. The van der Waals surface area contributed by atoms with Crippen LogP contribution in [-0.4, -0.2) is 35.8 Å². The third kappa shape index (κ3) is 9.08. The largest absolute Gasteiger partial charge is 0.469 e. The standard InChI is InChI=1S/C24H40O4S/c1-18(2)11-10-12-19(3)15-16-24(27)17-21(29-5)23(26)20(24)13-8-6-7-9-14-22(25)28-4/h13,17-19,27H,6-12,14-16H2,1-5H3. The quantitative estimate of drug-likeness (QED) is 0.216. The van der Waals surface area contributed by atoms with Gasteiger partial charge in [-0.2, -0.15) is 0 Å². The maximum atomic E-state index is 12.7. The summed E-state index contributed by atoms with van der Waals surface area (Å²) in [5, 5.41) is 11.3. The molecule has 5 heteroatoms. The summed E-state index contributed by atoms with van der Waals surface area (Å²) in [5.41, 5.74) is -0.586. The highest BCUT2D eigenvalue weighted by atomic mass is 32.2. The molecular formula is C24H40O4S. The van der Waals surface area contributed by atoms with Crippen molar-refractivity contribution >= 4 is 23.5 Å². The Hall–Kier alpha value is -1.07. The van der Waals surface area contributed by atoms with E-state index in [9.17, 15) is 14.7 Å². The molecule has 1 aliphatic carbocycles. The van der Waals surface area contributed by atoms with Gasteiger partial charge in [0, 0.05) is 12.0 Å². The molecule has 0 bridgehead atoms. The van der Waals surface area contributed by atoms with E-state index in [0.29, 0.717) is 29.2 Å². The lowest BCUT2D eigenvalue weighted by atomic mass is 9.86. The first-order chi connectivity index (χ1) is 13.7. The molecule has 4 nitrogen and oxygen atoms in total. The van der Waals surface area contributed by atoms with E-state index < -0.39 is 5.60 Å². The number of unbranched alkanes of at least 4 members (excludes halogenated alkanes) is 3. The molecule has 0 aliphatic heterocycles. The van der Waals surface area contributed by atoms with Gasteiger partial charge >= 0.3 is 5.97 Å². The van der Waals surface area contributed by atoms with Gasteiger partial charge in [0.05, 0.1) is 12.0 Å². The Morgan fingerprint density at radius 3 is 2.52 bits per heavy atom. The van der Waals surface area contributed by atoms with Crippen LogP contribution in [0.5, 0.6) is 0 Å². The van der Waals surface area contributed by atoms with Crippen LogP contribution < -0.4 is 0 Å². The second-order valence-corrected chi connectivity index (χ2v) is 9.58. The summed E-state index contributed by atoms with van der Waals surface area (Å²) < 4.78 is 4.65. The number of thioether (sulfide) groups is 1. The van der Waals surface area contributed by atoms with Gasteiger partial charge in [0.15, 0.2) is 5.78 Å². The third-order valence-electron chi connectivity index (χ3n) is 5.68. The predicted molar refractivity (Wildman–Crippen MR) is 122 cm³/mol. The van der Waals surface area contributed by atoms with Crippen molar-refractivity contribution in [3.63, 3.8) is 0 Å². The van der Waals surface area contributed by atoms with Crippen molar-refractivity contribution < 1.29 is 19.4 Å². The smallest absolute Gasteiger partial charge is 0.305 e. The lowest BCUT2D eigenvalue weighted by Gasteiger charge is -2.24. The van der Waals surface area contributed by atoms with E-state index in [1.807, 2.05) is 12.3 Å². The molecule has 0 heterocycles. The Labute approximate surface area is 181 Å². The summed E-state index contributed by atoms with van der Waals surface area (Å²) in [4.78, 5) is 24.5. The van der Waals surface area contributed by atoms with Crippen molar-refractivity contribution in [2.24, 2.45) is 11.8 Å². The molecule has 0 radical (unpaired) electrons. The molecule has 1 N–H and O–H groups in total. The number of methoxy groups -OCH3 is 1. The third-order valence-corrected chi connectivity index (χ3v) is 6.43. The topological polar surface area (TPSA) is 63.6 Å². The number of ketones is 1. The molecule has 2 atom stereocenters. The molecule has 166 valence electrons. The number of ether oxygens (including phenoxy) is 1. The molecule has 0 aromatic carbocycles. The summed E-state index contributed by atoms with van der Waals surface area (Å²) in [5.74, 6) is 1.06. The van der Waals surface area contributed by atoms with Crippen LogP contribution in [0.3, 0.4) is 0 Å². The molecular weight excluding hydrogens is 384 g/mol. The van der Waals surface area contributed by atoms with Crippen LogP contribution in [0.15, 0.2) is 22.6 Å². The molecule has 0 aromatic heterocycles. The maximum Gasteiger partial charge on any atom is 0.305 e. The van der Waals surface area contributed by atoms with Crippen LogP contribution in [0.2, 0.25) is 0 Å². The second-order valence-electron chi connectivity index (χ2n) is 8.73. The van der Waals surface area contributed by atoms with Gasteiger partial charge in [0.25, 0.3) is 0 Å². The summed E-state index contributed by atoms with van der Waals surface area (Å²) in [7, 11) is 1.40. The number of carbonyl (C=O) groups is 2. The molecule has 29 heavy (non-hydrogen) atoms. The number of Topliss-reactive ketones (excluding diaryl/α,β-unsaturated/α-hetero) is 1. The van der Waals surface area contributed by atoms with E-state index in [1.54, 1.807) is 6.08 Å². The molecule has 2 unspecified atom stereocenters. The highest BCUT2D eigenvalue weighted by molar-refractivity contribution is 8.03. The SMILES string of the molecule is COC(=O)CCCCCC=C1C(=O)C(SC)=CC1(O)CCC(C)CCCC(C)C. The van der Waals surface area contributed by atoms with Gasteiger partial charge in [-0.25, -0.2) is 0 Å². The van der Waals surface area contributed by atoms with Gasteiger partial charge in [-0.3, -0.25) is 9.59 Å². The average Bonchev–Trinajstić information content (AvgIpc) is 2.92. The van der Waals surface area contributed by atoms with E-state index >= 15 is 0 Å². The molecule has 0 aromatic rings. The zero-order chi connectivity index (χ0) is 21.9. The minimum absolute atomic E-state index is 0.0259. The maximum absolute atomic E-state index is 12.7. The zero-order valence-electron chi connectivity index (χ0n) is 19.0. The monoisotopic (exact) mass is 424 g/mol. The van der Waals surface area contributed by atoms with Crippen LogP contribution in [0.4, 0.5) is 0 Å². The Morgan fingerprint density at radius 1 is 1.17 bits per heavy atom. The molecule has 0 fully saturated rings. The van der Waals surface area contributed by atoms with Crippen molar-refractivity contribution in [3.8, 4) is 0 Å². The number of aliphatic hydroxyl groups is 1. The van der Waals surface area contributed by atoms with Crippen molar-refractivity contribution in [3.05, 3.63) is 22.6 Å². The van der Waals surface area contributed by atoms with E-state index in [0.717, 1.165) is 38.0 Å². The number of hydrogen-bond donors (Lipinski definition) is 1. The highest BCUT2D eigenvalue weighted by Crippen LogP contribution is 2.39. The normalized spacial score (nSPS) is 21.7. The lowest BCUT2D eigenvalue weighted by Crippen LogP contribution is -2.28. The van der Waals surface area contributed by atoms with Crippen molar-refractivity contribution in [1.82, 2.24) is 0 Å². The first kappa shape index (κ1) is 26.0. The van der Waals surface area contributed by atoms with Gasteiger partial charge in [-0.05, 0) is 56.3 Å². The van der Waals surface area contributed by atoms with Gasteiger partial charge in [0.2, 0.25) is 0 Å². The van der Waals surface area contributed by atoms with Crippen LogP contribution in [0.25, 0.3) is 0 Å². The summed E-state index contributed by atoms with van der Waals surface area (Å²) in [6.07, 6.45) is 14.5. The first-order valence-electron chi connectivity index (χ1n) is 11.0. The van der Waals surface area contributed by atoms with E-state index in [-0.39, 0.29) is 11.8 Å². The zero-order valence-corrected chi connectivity index (χ0v) is 19.8. The Bertz CT molecular complexity index is 594. The first-order valence-corrected chi connectivity index (χ1v) is 12.3. The van der Waals surface area contributed by atoms with Gasteiger partial charge in [-0.1, -0.05) is 52.5 Å². The second kappa shape index (κ2) is 13.3. The van der Waals surface area contributed by atoms with Crippen LogP contribution in [0.1, 0.15) is 85.0 Å². The Kier molecular flexibility index (Phi) is 11.9. The number of rotatable bonds is 14. The fourth-order valence-corrected chi connectivity index (χ4v) is 4.35. The van der Waals surface area contributed by atoms with Crippen LogP contribution in [-0.2, 0) is 14.3 Å².